The first-order chi connectivity index (χ1) is 40.7. The number of aromatic nitrogens is 1. The zero-order chi connectivity index (χ0) is 56.6. The molecule has 3 nitrogen and oxygen atoms in total. The van der Waals surface area contributed by atoms with Crippen molar-refractivity contribution in [1.82, 2.24) is 4.57 Å². The summed E-state index contributed by atoms with van der Waals surface area (Å²) >= 11 is 0. The number of rotatable bonds is 9. The molecule has 3 heteroatoms. The minimum atomic E-state index is -0.0426. The molecule has 0 spiro atoms. The second kappa shape index (κ2) is 22.2. The van der Waals surface area contributed by atoms with E-state index in [1.165, 1.54) is 111 Å². The Balaban J connectivity index is 0.000000657. The molecular formula is C80H59N3. The summed E-state index contributed by atoms with van der Waals surface area (Å²) in [6, 6.07) is 91.3. The number of hydrogen-bond donors (Lipinski definition) is 0. The smallest absolute Gasteiger partial charge is 0.111 e. The topological polar surface area (TPSA) is 41.1 Å². The van der Waals surface area contributed by atoms with Gasteiger partial charge in [0, 0.05) is 27.8 Å². The van der Waals surface area contributed by atoms with Crippen molar-refractivity contribution in [2.75, 3.05) is 0 Å². The lowest BCUT2D eigenvalue weighted by atomic mass is 9.87. The van der Waals surface area contributed by atoms with Gasteiger partial charge in [0.15, 0.2) is 0 Å². The molecule has 0 radical (unpaired) electrons. The molecule has 0 aliphatic heterocycles. The highest BCUT2D eigenvalue weighted by atomic mass is 15.1. The molecule has 0 fully saturated rings. The van der Waals surface area contributed by atoms with E-state index in [2.05, 4.69) is 249 Å². The summed E-state index contributed by atoms with van der Waals surface area (Å²) in [5, 5.41) is 10.8. The van der Waals surface area contributed by atoms with Crippen molar-refractivity contribution in [3.8, 4) is 74.0 Å². The summed E-state index contributed by atoms with van der Waals surface area (Å²) in [4.78, 5) is 5.56. The number of terminal acetylenes is 1. The molecule has 83 heavy (non-hydrogen) atoms. The van der Waals surface area contributed by atoms with Gasteiger partial charge < -0.3 is 0 Å². The number of nitriles is 1. The van der Waals surface area contributed by atoms with E-state index < -0.39 is 0 Å². The van der Waals surface area contributed by atoms with E-state index in [4.69, 9.17) is 23.3 Å². The zero-order valence-corrected chi connectivity index (χ0v) is 46.9. The predicted octanol–water partition coefficient (Wildman–Crippen LogP) is 19.8. The van der Waals surface area contributed by atoms with E-state index in [1.807, 2.05) is 43.3 Å². The van der Waals surface area contributed by atoms with Crippen LogP contribution in [0.5, 0.6) is 0 Å². The Bertz CT molecular complexity index is 4670. The van der Waals surface area contributed by atoms with Gasteiger partial charge in [0.1, 0.15) is 5.84 Å². The van der Waals surface area contributed by atoms with Crippen LogP contribution in [0.3, 0.4) is 0 Å². The minimum absolute atomic E-state index is 0.0426. The molecule has 1 heterocycles. The van der Waals surface area contributed by atoms with Gasteiger partial charge in [0.05, 0.1) is 28.4 Å². The molecule has 0 saturated heterocycles. The maximum Gasteiger partial charge on any atom is 0.111 e. The second-order valence-corrected chi connectivity index (χ2v) is 21.9. The van der Waals surface area contributed by atoms with Crippen molar-refractivity contribution in [2.24, 2.45) is 4.99 Å². The summed E-state index contributed by atoms with van der Waals surface area (Å²) in [7, 11) is 0. The SMILES string of the molecule is C#Cc1ccc(Cc2ccccc2-c2cc(-c3ccc4c(c3)-c3ccccc3C4C(=C)/C=C(\N=C(C)n3c4ccccc4c4cc(-c5ccc6c(c5)-c5ccccc5C6)ccc43)c3ccccc3)ccc2C)cc1.Cc1ccc(C#N)cc1. The third kappa shape index (κ3) is 10.0. The first-order valence-corrected chi connectivity index (χ1v) is 28.4. The molecule has 1 unspecified atom stereocenters. The Morgan fingerprint density at radius 2 is 1.13 bits per heavy atom. The molecule has 14 rings (SSSR count). The maximum atomic E-state index is 8.38. The van der Waals surface area contributed by atoms with E-state index >= 15 is 0 Å². The van der Waals surface area contributed by atoms with Crippen molar-refractivity contribution in [3.05, 3.63) is 328 Å². The van der Waals surface area contributed by atoms with Gasteiger partial charge >= 0.3 is 0 Å². The summed E-state index contributed by atoms with van der Waals surface area (Å²) in [6.07, 6.45) is 9.70. The quantitative estimate of drug-likeness (QED) is 0.0615. The van der Waals surface area contributed by atoms with Crippen molar-refractivity contribution < 1.29 is 0 Å². The van der Waals surface area contributed by atoms with Gasteiger partial charge in [0.25, 0.3) is 0 Å². The van der Waals surface area contributed by atoms with E-state index in [9.17, 15) is 0 Å². The fraction of sp³-hybridized carbons (Fsp3) is 0.0750. The fourth-order valence-corrected chi connectivity index (χ4v) is 12.5. The maximum absolute atomic E-state index is 8.38. The normalized spacial score (nSPS) is 13.0. The third-order valence-electron chi connectivity index (χ3n) is 16.7. The average Bonchev–Trinajstić information content (AvgIpc) is 3.97. The second-order valence-electron chi connectivity index (χ2n) is 21.9. The molecule has 12 aromatic rings. The van der Waals surface area contributed by atoms with Crippen molar-refractivity contribution in [1.29, 1.82) is 5.26 Å². The highest BCUT2D eigenvalue weighted by Crippen LogP contribution is 2.50. The largest absolute Gasteiger partial charge is 0.297 e. The number of nitrogens with zero attached hydrogens (tertiary/aromatic N) is 3. The van der Waals surface area contributed by atoms with Crippen LogP contribution in [0.2, 0.25) is 0 Å². The number of para-hydroxylation sites is 1. The Hall–Kier alpha value is -10.6. The lowest BCUT2D eigenvalue weighted by Crippen LogP contribution is -2.08. The Kier molecular flexibility index (Phi) is 13.8. The molecular weight excluding hydrogens is 1000 g/mol. The third-order valence-corrected chi connectivity index (χ3v) is 16.7. The fourth-order valence-electron chi connectivity index (χ4n) is 12.5. The zero-order valence-electron chi connectivity index (χ0n) is 46.9. The first-order valence-electron chi connectivity index (χ1n) is 28.4. The van der Waals surface area contributed by atoms with E-state index in [1.54, 1.807) is 0 Å². The van der Waals surface area contributed by atoms with Gasteiger partial charge in [-0.1, -0.05) is 206 Å². The molecule has 0 N–H and O–H groups in total. The molecule has 394 valence electrons. The number of aryl methyl sites for hydroxylation is 2. The number of hydrogen-bond acceptors (Lipinski definition) is 2. The van der Waals surface area contributed by atoms with Crippen LogP contribution in [-0.4, -0.2) is 10.4 Å². The highest BCUT2D eigenvalue weighted by Gasteiger charge is 2.31. The molecule has 11 aromatic carbocycles. The Morgan fingerprint density at radius 1 is 0.542 bits per heavy atom. The average molecular weight is 1060 g/mol. The van der Waals surface area contributed by atoms with Crippen LogP contribution < -0.4 is 0 Å². The van der Waals surface area contributed by atoms with Crippen molar-refractivity contribution in [2.45, 2.75) is 39.5 Å². The van der Waals surface area contributed by atoms with E-state index in [0.29, 0.717) is 0 Å². The summed E-state index contributed by atoms with van der Waals surface area (Å²) in [5.74, 6) is 3.59. The summed E-state index contributed by atoms with van der Waals surface area (Å²) in [5.41, 5.74) is 29.5. The van der Waals surface area contributed by atoms with Gasteiger partial charge in [-0.25, -0.2) is 4.99 Å². The van der Waals surface area contributed by atoms with Gasteiger partial charge in [0.2, 0.25) is 0 Å². The number of fused-ring (bicyclic) bond motifs is 9. The molecule has 1 atom stereocenters. The van der Waals surface area contributed by atoms with Gasteiger partial charge in [-0.2, -0.15) is 5.26 Å². The van der Waals surface area contributed by atoms with Crippen LogP contribution >= 0.6 is 0 Å². The monoisotopic (exact) mass is 1060 g/mol. The van der Waals surface area contributed by atoms with Crippen LogP contribution in [0.1, 0.15) is 74.0 Å². The van der Waals surface area contributed by atoms with Gasteiger partial charge in [-0.15, -0.1) is 6.42 Å². The Morgan fingerprint density at radius 3 is 1.92 bits per heavy atom. The standard InChI is InChI=1S/C72H52N2.C8H7N/c1-5-49-28-30-50(31-29-49)40-56-19-9-11-21-59(56)65-42-52(32-27-46(65)2)54-35-37-64-67(44-54)61-23-13-14-25-63(61)72(64)47(3)39-69(51-17-7-6-8-18-51)73-48(4)74-70-26-16-15-24-62(70)68-45-55(36-38-71(68)74)53-33-34-58-41-57-20-10-12-22-60(57)66(58)43-53;1-7-2-4-8(6-9)5-3-7/h1,6-39,42-45,72H,3,40-41H2,2,4H3;2-5H,1H3/b69-39-,73-48?;. The molecule has 2 aliphatic rings. The van der Waals surface area contributed by atoms with E-state index in [-0.39, 0.29) is 5.92 Å². The van der Waals surface area contributed by atoms with Crippen LogP contribution in [0, 0.1) is 37.5 Å². The van der Waals surface area contributed by atoms with Crippen LogP contribution in [0.15, 0.2) is 272 Å². The first kappa shape index (κ1) is 51.8. The van der Waals surface area contributed by atoms with Crippen LogP contribution in [0.25, 0.3) is 83.1 Å². The molecule has 1 aromatic heterocycles. The van der Waals surface area contributed by atoms with Crippen LogP contribution in [-0.2, 0) is 12.8 Å². The number of allylic oxidation sites excluding steroid dienone is 2. The predicted molar refractivity (Wildman–Crippen MR) is 348 cm³/mol. The Labute approximate surface area is 487 Å². The highest BCUT2D eigenvalue weighted by molar-refractivity contribution is 6.15. The number of aliphatic imine (C=N–C) groups is 1. The number of benzene rings is 11. The van der Waals surface area contributed by atoms with Crippen molar-refractivity contribution >= 4 is 33.3 Å². The van der Waals surface area contributed by atoms with Crippen molar-refractivity contribution in [3.63, 3.8) is 0 Å². The summed E-state index contributed by atoms with van der Waals surface area (Å²) < 4.78 is 2.32. The lowest BCUT2D eigenvalue weighted by Gasteiger charge is -2.17. The van der Waals surface area contributed by atoms with Crippen LogP contribution in [0.4, 0.5) is 0 Å². The summed E-state index contributed by atoms with van der Waals surface area (Å²) in [6.45, 7) is 11.2. The molecule has 0 amide bonds. The molecule has 0 bridgehead atoms. The minimum Gasteiger partial charge on any atom is -0.297 e. The molecule has 2 aliphatic carbocycles. The van der Waals surface area contributed by atoms with Gasteiger partial charge in [-0.3, -0.25) is 4.57 Å². The lowest BCUT2D eigenvalue weighted by molar-refractivity contribution is 1.02. The van der Waals surface area contributed by atoms with E-state index in [0.717, 1.165) is 57.7 Å². The van der Waals surface area contributed by atoms with Gasteiger partial charge in [-0.05, 0) is 201 Å². The molecule has 0 saturated carbocycles.